The van der Waals surface area contributed by atoms with Gasteiger partial charge < -0.3 is 14.8 Å². The number of para-hydroxylation sites is 1. The second-order valence-electron chi connectivity index (χ2n) is 6.35. The van der Waals surface area contributed by atoms with Crippen molar-refractivity contribution in [2.75, 3.05) is 7.11 Å². The summed E-state index contributed by atoms with van der Waals surface area (Å²) in [4.78, 5) is 12.6. The van der Waals surface area contributed by atoms with Crippen LogP contribution in [0.3, 0.4) is 0 Å². The van der Waals surface area contributed by atoms with Crippen molar-refractivity contribution in [2.45, 2.75) is 19.8 Å². The average Bonchev–Trinajstić information content (AvgIpc) is 2.72. The number of ether oxygens (including phenoxy) is 2. The molecule has 0 aromatic heterocycles. The van der Waals surface area contributed by atoms with Gasteiger partial charge in [-0.2, -0.15) is 0 Å². The van der Waals surface area contributed by atoms with E-state index in [4.69, 9.17) is 9.47 Å². The normalized spacial score (nSPS) is 10.5. The van der Waals surface area contributed by atoms with Crippen molar-refractivity contribution in [1.82, 2.24) is 5.32 Å². The van der Waals surface area contributed by atoms with Crippen LogP contribution in [0.1, 0.15) is 27.0 Å². The van der Waals surface area contributed by atoms with Crippen LogP contribution < -0.4 is 10.1 Å². The molecule has 0 heterocycles. The summed E-state index contributed by atoms with van der Waals surface area (Å²) in [6, 6.07) is 21.0. The SMILES string of the molecule is COCc1cccc(CNC(=O)c2ccccc2OCc2ccc(F)cc2)c1. The zero-order valence-electron chi connectivity index (χ0n) is 15.7. The molecule has 0 aliphatic carbocycles. The van der Waals surface area contributed by atoms with Gasteiger partial charge in [-0.15, -0.1) is 0 Å². The monoisotopic (exact) mass is 379 g/mol. The highest BCUT2D eigenvalue weighted by Crippen LogP contribution is 2.20. The van der Waals surface area contributed by atoms with E-state index in [0.29, 0.717) is 24.5 Å². The topological polar surface area (TPSA) is 47.6 Å². The maximum atomic E-state index is 13.0. The average molecular weight is 379 g/mol. The molecule has 5 heteroatoms. The number of carbonyl (C=O) groups is 1. The molecule has 0 spiro atoms. The maximum Gasteiger partial charge on any atom is 0.255 e. The minimum absolute atomic E-state index is 0.216. The van der Waals surface area contributed by atoms with Crippen LogP contribution in [0.5, 0.6) is 5.75 Å². The first-order chi connectivity index (χ1) is 13.7. The van der Waals surface area contributed by atoms with Gasteiger partial charge in [0.25, 0.3) is 5.91 Å². The van der Waals surface area contributed by atoms with Crippen LogP contribution in [-0.4, -0.2) is 13.0 Å². The smallest absolute Gasteiger partial charge is 0.255 e. The van der Waals surface area contributed by atoms with Crippen molar-refractivity contribution in [3.05, 3.63) is 101 Å². The fraction of sp³-hybridized carbons (Fsp3) is 0.174. The van der Waals surface area contributed by atoms with Gasteiger partial charge in [-0.1, -0.05) is 48.5 Å². The van der Waals surface area contributed by atoms with E-state index < -0.39 is 0 Å². The van der Waals surface area contributed by atoms with E-state index in [9.17, 15) is 9.18 Å². The molecule has 1 N–H and O–H groups in total. The predicted molar refractivity (Wildman–Crippen MR) is 105 cm³/mol. The van der Waals surface area contributed by atoms with Gasteiger partial charge in [-0.25, -0.2) is 4.39 Å². The Morgan fingerprint density at radius 2 is 1.64 bits per heavy atom. The van der Waals surface area contributed by atoms with Gasteiger partial charge >= 0.3 is 0 Å². The number of amides is 1. The third kappa shape index (κ3) is 5.41. The minimum atomic E-state index is -0.293. The number of benzene rings is 3. The van der Waals surface area contributed by atoms with E-state index in [1.165, 1.54) is 12.1 Å². The quantitative estimate of drug-likeness (QED) is 0.628. The highest BCUT2D eigenvalue weighted by atomic mass is 19.1. The fourth-order valence-corrected chi connectivity index (χ4v) is 2.80. The Morgan fingerprint density at radius 1 is 0.893 bits per heavy atom. The lowest BCUT2D eigenvalue weighted by molar-refractivity contribution is 0.0946. The molecular weight excluding hydrogens is 357 g/mol. The number of methoxy groups -OCH3 is 1. The summed E-state index contributed by atoms with van der Waals surface area (Å²) < 4.78 is 23.9. The van der Waals surface area contributed by atoms with Crippen LogP contribution in [0.2, 0.25) is 0 Å². The van der Waals surface area contributed by atoms with Gasteiger partial charge in [0.05, 0.1) is 12.2 Å². The summed E-state index contributed by atoms with van der Waals surface area (Å²) in [5.74, 6) is -0.0256. The first kappa shape index (κ1) is 19.6. The molecule has 3 aromatic rings. The Bertz CT molecular complexity index is 925. The molecule has 0 aliphatic heterocycles. The Morgan fingerprint density at radius 3 is 2.43 bits per heavy atom. The van der Waals surface area contributed by atoms with Crippen molar-refractivity contribution in [2.24, 2.45) is 0 Å². The Hall–Kier alpha value is -3.18. The molecule has 144 valence electrons. The van der Waals surface area contributed by atoms with E-state index in [-0.39, 0.29) is 18.3 Å². The molecular formula is C23H22FNO3. The molecule has 0 fully saturated rings. The molecule has 0 aliphatic rings. The second kappa shape index (κ2) is 9.67. The Kier molecular flexibility index (Phi) is 6.76. The van der Waals surface area contributed by atoms with Crippen LogP contribution in [0.25, 0.3) is 0 Å². The first-order valence-electron chi connectivity index (χ1n) is 8.97. The molecule has 0 unspecified atom stereocenters. The first-order valence-corrected chi connectivity index (χ1v) is 8.97. The van der Waals surface area contributed by atoms with Gasteiger partial charge in [-0.05, 0) is 41.0 Å². The Labute approximate surface area is 163 Å². The van der Waals surface area contributed by atoms with E-state index in [1.54, 1.807) is 37.4 Å². The minimum Gasteiger partial charge on any atom is -0.488 e. The molecule has 28 heavy (non-hydrogen) atoms. The van der Waals surface area contributed by atoms with Crippen LogP contribution >= 0.6 is 0 Å². The largest absolute Gasteiger partial charge is 0.488 e. The molecule has 3 aromatic carbocycles. The van der Waals surface area contributed by atoms with Crippen molar-refractivity contribution in [3.63, 3.8) is 0 Å². The predicted octanol–water partition coefficient (Wildman–Crippen LogP) is 4.48. The van der Waals surface area contributed by atoms with Gasteiger partial charge in [0.15, 0.2) is 0 Å². The molecule has 0 radical (unpaired) electrons. The van der Waals surface area contributed by atoms with Gasteiger partial charge in [0.1, 0.15) is 18.2 Å². The summed E-state index contributed by atoms with van der Waals surface area (Å²) in [5, 5.41) is 2.92. The third-order valence-corrected chi connectivity index (χ3v) is 4.19. The van der Waals surface area contributed by atoms with Gasteiger partial charge in [0.2, 0.25) is 0 Å². The highest BCUT2D eigenvalue weighted by molar-refractivity contribution is 5.96. The summed E-state index contributed by atoms with van der Waals surface area (Å²) in [7, 11) is 1.65. The number of hydrogen-bond donors (Lipinski definition) is 1. The summed E-state index contributed by atoms with van der Waals surface area (Å²) >= 11 is 0. The lowest BCUT2D eigenvalue weighted by Gasteiger charge is -2.12. The number of hydrogen-bond acceptors (Lipinski definition) is 3. The standard InChI is InChI=1S/C23H22FNO3/c1-27-15-19-6-4-5-18(13-19)14-25-23(26)21-7-2-3-8-22(21)28-16-17-9-11-20(24)12-10-17/h2-13H,14-16H2,1H3,(H,25,26). The van der Waals surface area contributed by atoms with Crippen molar-refractivity contribution < 1.29 is 18.7 Å². The number of halogens is 1. The molecule has 0 saturated heterocycles. The van der Waals surface area contributed by atoms with Crippen LogP contribution in [0, 0.1) is 5.82 Å². The van der Waals surface area contributed by atoms with E-state index in [1.807, 2.05) is 30.3 Å². The summed E-state index contributed by atoms with van der Waals surface area (Å²) in [6.45, 7) is 1.19. The molecule has 0 bridgehead atoms. The van der Waals surface area contributed by atoms with Crippen LogP contribution in [-0.2, 0) is 24.5 Å². The highest BCUT2D eigenvalue weighted by Gasteiger charge is 2.12. The zero-order valence-corrected chi connectivity index (χ0v) is 15.7. The molecule has 0 atom stereocenters. The van der Waals surface area contributed by atoms with E-state index in [0.717, 1.165) is 16.7 Å². The van der Waals surface area contributed by atoms with E-state index in [2.05, 4.69) is 5.32 Å². The van der Waals surface area contributed by atoms with Crippen molar-refractivity contribution in [3.8, 4) is 5.75 Å². The van der Waals surface area contributed by atoms with Crippen molar-refractivity contribution >= 4 is 5.91 Å². The summed E-state index contributed by atoms with van der Waals surface area (Å²) in [6.07, 6.45) is 0. The number of rotatable bonds is 8. The van der Waals surface area contributed by atoms with Crippen molar-refractivity contribution in [1.29, 1.82) is 0 Å². The van der Waals surface area contributed by atoms with Crippen LogP contribution in [0.15, 0.2) is 72.8 Å². The number of carbonyl (C=O) groups excluding carboxylic acids is 1. The fourth-order valence-electron chi connectivity index (χ4n) is 2.80. The van der Waals surface area contributed by atoms with Crippen LogP contribution in [0.4, 0.5) is 4.39 Å². The van der Waals surface area contributed by atoms with E-state index >= 15 is 0 Å². The van der Waals surface area contributed by atoms with Gasteiger partial charge in [-0.3, -0.25) is 4.79 Å². The number of nitrogens with one attached hydrogen (secondary N) is 1. The molecule has 4 nitrogen and oxygen atoms in total. The second-order valence-corrected chi connectivity index (χ2v) is 6.35. The van der Waals surface area contributed by atoms with Gasteiger partial charge in [0, 0.05) is 13.7 Å². The Balaban J connectivity index is 1.63. The molecule has 0 saturated carbocycles. The zero-order chi connectivity index (χ0) is 19.8. The summed E-state index contributed by atoms with van der Waals surface area (Å²) in [5.41, 5.74) is 3.33. The maximum absolute atomic E-state index is 13.0. The lowest BCUT2D eigenvalue weighted by atomic mass is 10.1. The molecule has 1 amide bonds. The third-order valence-electron chi connectivity index (χ3n) is 4.19. The molecule has 3 rings (SSSR count). The lowest BCUT2D eigenvalue weighted by Crippen LogP contribution is -2.23.